The first-order chi connectivity index (χ1) is 17.5. The van der Waals surface area contributed by atoms with Crippen molar-refractivity contribution in [3.8, 4) is 28.7 Å². The monoisotopic (exact) mass is 524 g/mol. The number of hydrogen-bond donors (Lipinski definition) is 1. The molecule has 0 radical (unpaired) electrons. The molecule has 10 heteroatoms. The summed E-state index contributed by atoms with van der Waals surface area (Å²) in [5.74, 6) is 0.658. The molecule has 0 amide bonds. The van der Waals surface area contributed by atoms with Crippen LogP contribution in [0.3, 0.4) is 0 Å². The molecule has 0 spiro atoms. The summed E-state index contributed by atoms with van der Waals surface area (Å²) in [5, 5.41) is 18.5. The van der Waals surface area contributed by atoms with Crippen LogP contribution in [0.25, 0.3) is 17.5 Å². The third-order valence-corrected chi connectivity index (χ3v) is 6.18. The van der Waals surface area contributed by atoms with Gasteiger partial charge in [-0.05, 0) is 42.1 Å². The zero-order valence-electron chi connectivity index (χ0n) is 19.3. The molecular weight excluding hydrogens is 504 g/mol. The van der Waals surface area contributed by atoms with Crippen molar-refractivity contribution in [1.82, 2.24) is 10.2 Å². The third-order valence-electron chi connectivity index (χ3n) is 4.96. The lowest BCUT2D eigenvalue weighted by Crippen LogP contribution is -2.00. The highest BCUT2D eigenvalue weighted by Crippen LogP contribution is 2.34. The Morgan fingerprint density at radius 1 is 1.03 bits per heavy atom. The summed E-state index contributed by atoms with van der Waals surface area (Å²) in [5.41, 5.74) is 1.97. The highest BCUT2D eigenvalue weighted by Gasteiger charge is 2.18. The standard InChI is InChI=1S/C26H21ClN2O6S/c1-32-19-11-18(12-20(14-19)33-2)24-28-29-26(35-24)36-23(25(30)31)13-16-7-4-6-10-22(16)34-15-17-8-3-5-9-21(17)27/h3-14H,15H2,1-2H3,(H,30,31)/b23-13-. The van der Waals surface area contributed by atoms with Gasteiger partial charge in [-0.3, -0.25) is 0 Å². The van der Waals surface area contributed by atoms with E-state index in [9.17, 15) is 9.90 Å². The summed E-state index contributed by atoms with van der Waals surface area (Å²) < 4.78 is 22.2. The van der Waals surface area contributed by atoms with E-state index in [-0.39, 0.29) is 22.6 Å². The molecule has 0 aliphatic heterocycles. The van der Waals surface area contributed by atoms with Crippen molar-refractivity contribution < 1.29 is 28.5 Å². The minimum absolute atomic E-state index is 0.0257. The van der Waals surface area contributed by atoms with Crippen LogP contribution in [0, 0.1) is 0 Å². The van der Waals surface area contributed by atoms with Gasteiger partial charge < -0.3 is 23.7 Å². The van der Waals surface area contributed by atoms with Gasteiger partial charge in [-0.1, -0.05) is 48.0 Å². The molecule has 4 rings (SSSR count). The van der Waals surface area contributed by atoms with Crippen molar-refractivity contribution >= 4 is 35.4 Å². The van der Waals surface area contributed by atoms with E-state index in [1.165, 1.54) is 20.3 Å². The average Bonchev–Trinajstić information content (AvgIpc) is 3.37. The minimum Gasteiger partial charge on any atom is -0.497 e. The Bertz CT molecular complexity index is 1380. The smallest absolute Gasteiger partial charge is 0.342 e. The van der Waals surface area contributed by atoms with E-state index in [4.69, 9.17) is 30.2 Å². The van der Waals surface area contributed by atoms with Gasteiger partial charge in [0.05, 0.1) is 14.2 Å². The summed E-state index contributed by atoms with van der Waals surface area (Å²) in [6, 6.07) is 19.6. The molecule has 0 aliphatic carbocycles. The highest BCUT2D eigenvalue weighted by atomic mass is 35.5. The van der Waals surface area contributed by atoms with Crippen molar-refractivity contribution in [3.05, 3.63) is 87.8 Å². The van der Waals surface area contributed by atoms with Gasteiger partial charge in [-0.25, -0.2) is 4.79 Å². The minimum atomic E-state index is -1.15. The number of halogens is 1. The normalized spacial score (nSPS) is 11.2. The van der Waals surface area contributed by atoms with Crippen LogP contribution in [-0.2, 0) is 11.4 Å². The van der Waals surface area contributed by atoms with Gasteiger partial charge >= 0.3 is 5.97 Å². The number of carbonyl (C=O) groups is 1. The van der Waals surface area contributed by atoms with Crippen LogP contribution < -0.4 is 14.2 Å². The summed E-state index contributed by atoms with van der Waals surface area (Å²) in [6.45, 7) is 0.233. The molecule has 0 bridgehead atoms. The van der Waals surface area contributed by atoms with Gasteiger partial charge in [-0.2, -0.15) is 0 Å². The predicted octanol–water partition coefficient (Wildman–Crippen LogP) is 6.20. The second kappa shape index (κ2) is 11.7. The van der Waals surface area contributed by atoms with Gasteiger partial charge in [0, 0.05) is 27.8 Å². The molecule has 1 aromatic heterocycles. The number of nitrogens with zero attached hydrogens (tertiary/aromatic N) is 2. The van der Waals surface area contributed by atoms with Crippen LogP contribution in [0.1, 0.15) is 11.1 Å². The third kappa shape index (κ3) is 6.18. The molecule has 0 atom stereocenters. The van der Waals surface area contributed by atoms with Crippen LogP contribution in [0.2, 0.25) is 5.02 Å². The van der Waals surface area contributed by atoms with Crippen LogP contribution >= 0.6 is 23.4 Å². The molecule has 184 valence electrons. The van der Waals surface area contributed by atoms with E-state index in [0.29, 0.717) is 33.4 Å². The fraction of sp³-hybridized carbons (Fsp3) is 0.115. The molecule has 3 aromatic carbocycles. The lowest BCUT2D eigenvalue weighted by atomic mass is 10.2. The Balaban J connectivity index is 1.56. The second-order valence-electron chi connectivity index (χ2n) is 7.31. The summed E-state index contributed by atoms with van der Waals surface area (Å²) in [4.78, 5) is 12.0. The number of ether oxygens (including phenoxy) is 3. The van der Waals surface area contributed by atoms with E-state index in [1.54, 1.807) is 48.5 Å². The average molecular weight is 525 g/mol. The van der Waals surface area contributed by atoms with Crippen LogP contribution in [0.4, 0.5) is 0 Å². The van der Waals surface area contributed by atoms with E-state index >= 15 is 0 Å². The van der Waals surface area contributed by atoms with Gasteiger partial charge in [-0.15, -0.1) is 10.2 Å². The molecule has 0 saturated heterocycles. The molecule has 1 N–H and O–H groups in total. The first-order valence-corrected chi connectivity index (χ1v) is 11.8. The zero-order valence-corrected chi connectivity index (χ0v) is 20.9. The number of methoxy groups -OCH3 is 2. The van der Waals surface area contributed by atoms with Crippen molar-refractivity contribution in [2.45, 2.75) is 11.8 Å². The second-order valence-corrected chi connectivity index (χ2v) is 8.71. The molecule has 0 fully saturated rings. The van der Waals surface area contributed by atoms with Gasteiger partial charge in [0.2, 0.25) is 5.89 Å². The molecular formula is C26H21ClN2O6S. The maximum Gasteiger partial charge on any atom is 0.342 e. The first-order valence-electron chi connectivity index (χ1n) is 10.6. The van der Waals surface area contributed by atoms with Crippen LogP contribution in [0.15, 0.2) is 81.3 Å². The Hall–Kier alpha value is -3.95. The Labute approximate surface area is 216 Å². The summed E-state index contributed by atoms with van der Waals surface area (Å²) >= 11 is 7.05. The van der Waals surface area contributed by atoms with E-state index in [1.807, 2.05) is 18.2 Å². The molecule has 1 heterocycles. The lowest BCUT2D eigenvalue weighted by Gasteiger charge is -2.11. The fourth-order valence-electron chi connectivity index (χ4n) is 3.17. The Morgan fingerprint density at radius 3 is 2.42 bits per heavy atom. The SMILES string of the molecule is COc1cc(OC)cc(-c2nnc(S/C(=C\c3ccccc3OCc3ccccc3Cl)C(=O)O)o2)c1. The van der Waals surface area contributed by atoms with Crippen molar-refractivity contribution in [2.75, 3.05) is 14.2 Å². The van der Waals surface area contributed by atoms with Crippen molar-refractivity contribution in [2.24, 2.45) is 0 Å². The topological polar surface area (TPSA) is 104 Å². The number of aromatic nitrogens is 2. The zero-order chi connectivity index (χ0) is 25.5. The summed E-state index contributed by atoms with van der Waals surface area (Å²) in [6.07, 6.45) is 1.49. The maximum absolute atomic E-state index is 12.0. The van der Waals surface area contributed by atoms with Crippen LogP contribution in [-0.4, -0.2) is 35.5 Å². The van der Waals surface area contributed by atoms with Gasteiger partial charge in [0.1, 0.15) is 28.8 Å². The van der Waals surface area contributed by atoms with E-state index < -0.39 is 5.97 Å². The van der Waals surface area contributed by atoms with E-state index in [0.717, 1.165) is 17.3 Å². The number of thioether (sulfide) groups is 1. The van der Waals surface area contributed by atoms with Gasteiger partial charge in [0.15, 0.2) is 0 Å². The quantitative estimate of drug-likeness (QED) is 0.191. The van der Waals surface area contributed by atoms with E-state index in [2.05, 4.69) is 10.2 Å². The largest absolute Gasteiger partial charge is 0.497 e. The Morgan fingerprint density at radius 2 is 1.72 bits per heavy atom. The predicted molar refractivity (Wildman–Crippen MR) is 137 cm³/mol. The van der Waals surface area contributed by atoms with Gasteiger partial charge in [0.25, 0.3) is 5.22 Å². The number of aliphatic carboxylic acids is 1. The number of rotatable bonds is 10. The highest BCUT2D eigenvalue weighted by molar-refractivity contribution is 8.03. The number of para-hydroxylation sites is 1. The maximum atomic E-state index is 12.0. The molecule has 36 heavy (non-hydrogen) atoms. The van der Waals surface area contributed by atoms with Crippen molar-refractivity contribution in [3.63, 3.8) is 0 Å². The molecule has 0 unspecified atom stereocenters. The number of hydrogen-bond acceptors (Lipinski definition) is 8. The number of carboxylic acid groups (broad SMARTS) is 1. The van der Waals surface area contributed by atoms with Crippen LogP contribution in [0.5, 0.6) is 17.2 Å². The first kappa shape index (κ1) is 25.2. The fourth-order valence-corrected chi connectivity index (χ4v) is 4.02. The number of benzene rings is 3. The van der Waals surface area contributed by atoms with Crippen molar-refractivity contribution in [1.29, 1.82) is 0 Å². The lowest BCUT2D eigenvalue weighted by molar-refractivity contribution is -0.131. The molecule has 0 saturated carbocycles. The number of carboxylic acids is 1. The summed E-state index contributed by atoms with van der Waals surface area (Å²) in [7, 11) is 3.07. The molecule has 8 nitrogen and oxygen atoms in total. The molecule has 0 aliphatic rings. The molecule has 4 aromatic rings. The Kier molecular flexibility index (Phi) is 8.14.